The van der Waals surface area contributed by atoms with E-state index in [1.54, 1.807) is 5.56 Å². The highest BCUT2D eigenvalue weighted by Gasteiger charge is 2.38. The Morgan fingerprint density at radius 1 is 0.743 bits per heavy atom. The van der Waals surface area contributed by atoms with E-state index in [0.717, 1.165) is 6.42 Å². The molecule has 0 bridgehead atoms. The number of rotatable bonds is 5. The largest absolute Gasteiger partial charge is 0.0764 e. The minimum absolute atomic E-state index is 0.0287. The van der Waals surface area contributed by atoms with Crippen LogP contribution in [-0.4, -0.2) is 0 Å². The van der Waals surface area contributed by atoms with Gasteiger partial charge in [0.05, 0.1) is 0 Å². The fourth-order valence-corrected chi connectivity index (χ4v) is 5.95. The molecule has 0 heteroatoms. The van der Waals surface area contributed by atoms with E-state index in [0.29, 0.717) is 5.92 Å². The summed E-state index contributed by atoms with van der Waals surface area (Å²) in [6.07, 6.45) is 10.9. The quantitative estimate of drug-likeness (QED) is 0.349. The van der Waals surface area contributed by atoms with Crippen molar-refractivity contribution in [1.82, 2.24) is 0 Å². The molecule has 0 heterocycles. The molecule has 0 saturated carbocycles. The standard InChI is InChI=1S/C35H48/c1-12-35(11,13-2)26-17-16-25(19-26)34(9,10)31-22-27(33(6,7)8)21-29-28-20-24(32(3,4)5)15-14-23(28)18-30(29)31/h14-17,19-22,25H,12-13,18H2,1-11H3. The number of fused-ring (bicyclic) bond motifs is 3. The highest BCUT2D eigenvalue weighted by atomic mass is 14.4. The highest BCUT2D eigenvalue weighted by molar-refractivity contribution is 5.80. The van der Waals surface area contributed by atoms with Crippen LogP contribution in [0.2, 0.25) is 0 Å². The van der Waals surface area contributed by atoms with E-state index < -0.39 is 0 Å². The highest BCUT2D eigenvalue weighted by Crippen LogP contribution is 2.49. The molecule has 0 aromatic heterocycles. The van der Waals surface area contributed by atoms with Crippen molar-refractivity contribution in [2.45, 2.75) is 112 Å². The van der Waals surface area contributed by atoms with Crippen molar-refractivity contribution < 1.29 is 0 Å². The minimum Gasteiger partial charge on any atom is -0.0764 e. The molecule has 0 fully saturated rings. The third-order valence-corrected chi connectivity index (χ3v) is 9.38. The second kappa shape index (κ2) is 8.50. The molecule has 2 aromatic rings. The second-order valence-corrected chi connectivity index (χ2v) is 14.1. The summed E-state index contributed by atoms with van der Waals surface area (Å²) in [6, 6.07) is 12.3. The van der Waals surface area contributed by atoms with Crippen molar-refractivity contribution >= 4 is 0 Å². The van der Waals surface area contributed by atoms with Crippen molar-refractivity contribution in [2.75, 3.05) is 0 Å². The van der Waals surface area contributed by atoms with Crippen molar-refractivity contribution in [3.05, 3.63) is 82.0 Å². The van der Waals surface area contributed by atoms with Gasteiger partial charge in [-0.25, -0.2) is 0 Å². The SMILES string of the molecule is CCC(C)(CC)C1=CC(C(C)(C)c2cc(C(C)(C)C)cc3c2Cc2ccc(C(C)(C)C)cc2-3)C=C1. The summed E-state index contributed by atoms with van der Waals surface area (Å²) in [5.74, 6) is 0.420. The molecular weight excluding hydrogens is 420 g/mol. The van der Waals surface area contributed by atoms with Crippen LogP contribution in [0.5, 0.6) is 0 Å². The van der Waals surface area contributed by atoms with Gasteiger partial charge in [-0.1, -0.05) is 125 Å². The van der Waals surface area contributed by atoms with E-state index in [9.17, 15) is 0 Å². The van der Waals surface area contributed by atoms with E-state index in [1.165, 1.54) is 51.8 Å². The van der Waals surface area contributed by atoms with Crippen molar-refractivity contribution in [3.8, 4) is 11.1 Å². The van der Waals surface area contributed by atoms with Crippen molar-refractivity contribution in [3.63, 3.8) is 0 Å². The second-order valence-electron chi connectivity index (χ2n) is 14.1. The van der Waals surface area contributed by atoms with Crippen LogP contribution in [0.15, 0.2) is 54.1 Å². The predicted molar refractivity (Wildman–Crippen MR) is 155 cm³/mol. The number of hydrogen-bond donors (Lipinski definition) is 0. The van der Waals surface area contributed by atoms with Crippen LogP contribution in [0.4, 0.5) is 0 Å². The number of benzene rings is 2. The first kappa shape index (κ1) is 26.0. The van der Waals surface area contributed by atoms with Gasteiger partial charge in [0.15, 0.2) is 0 Å². The molecule has 35 heavy (non-hydrogen) atoms. The van der Waals surface area contributed by atoms with Gasteiger partial charge in [-0.2, -0.15) is 0 Å². The monoisotopic (exact) mass is 468 g/mol. The summed E-state index contributed by atoms with van der Waals surface area (Å²) < 4.78 is 0. The average Bonchev–Trinajstić information content (AvgIpc) is 3.42. The van der Waals surface area contributed by atoms with Crippen molar-refractivity contribution in [2.24, 2.45) is 11.3 Å². The minimum atomic E-state index is 0.0287. The van der Waals surface area contributed by atoms with Gasteiger partial charge in [-0.05, 0) is 85.4 Å². The summed E-state index contributed by atoms with van der Waals surface area (Å²) in [7, 11) is 0. The Bertz CT molecular complexity index is 1180. The molecule has 0 spiro atoms. The first-order chi connectivity index (χ1) is 16.1. The maximum absolute atomic E-state index is 2.59. The van der Waals surface area contributed by atoms with Gasteiger partial charge in [-0.15, -0.1) is 0 Å². The van der Waals surface area contributed by atoms with Crippen LogP contribution in [0.1, 0.15) is 117 Å². The Morgan fingerprint density at radius 2 is 1.34 bits per heavy atom. The molecule has 0 amide bonds. The van der Waals surface area contributed by atoms with Gasteiger partial charge >= 0.3 is 0 Å². The molecule has 2 aliphatic rings. The Hall–Kier alpha value is -2.08. The normalized spacial score (nSPS) is 18.0. The predicted octanol–water partition coefficient (Wildman–Crippen LogP) is 10.1. The van der Waals surface area contributed by atoms with E-state index in [2.05, 4.69) is 125 Å². The van der Waals surface area contributed by atoms with Crippen molar-refractivity contribution in [1.29, 1.82) is 0 Å². The third kappa shape index (κ3) is 4.47. The summed E-state index contributed by atoms with van der Waals surface area (Å²) in [5, 5.41) is 0. The molecule has 0 N–H and O–H groups in total. The lowest BCUT2D eigenvalue weighted by Gasteiger charge is -2.35. The molecule has 0 radical (unpaired) electrons. The zero-order valence-corrected chi connectivity index (χ0v) is 24.3. The lowest BCUT2D eigenvalue weighted by atomic mass is 9.69. The summed E-state index contributed by atoms with van der Waals surface area (Å²) >= 11 is 0. The molecular formula is C35H48. The van der Waals surface area contributed by atoms with Gasteiger partial charge in [0.1, 0.15) is 0 Å². The molecule has 2 aromatic carbocycles. The zero-order chi connectivity index (χ0) is 26.0. The van der Waals surface area contributed by atoms with E-state index >= 15 is 0 Å². The van der Waals surface area contributed by atoms with Gasteiger partial charge < -0.3 is 0 Å². The van der Waals surface area contributed by atoms with Crippen LogP contribution < -0.4 is 0 Å². The fraction of sp³-hybridized carbons (Fsp3) is 0.543. The number of hydrogen-bond acceptors (Lipinski definition) is 0. The first-order valence-corrected chi connectivity index (χ1v) is 13.8. The number of allylic oxidation sites excluding steroid dienone is 4. The molecule has 0 saturated heterocycles. The summed E-state index contributed by atoms with van der Waals surface area (Å²) in [6.45, 7) is 26.1. The molecule has 0 aliphatic heterocycles. The maximum Gasteiger partial charge on any atom is 0.00476 e. The smallest absolute Gasteiger partial charge is 0.00476 e. The van der Waals surface area contributed by atoms with Gasteiger partial charge in [-0.3, -0.25) is 0 Å². The Balaban J connectivity index is 1.88. The van der Waals surface area contributed by atoms with E-state index in [-0.39, 0.29) is 21.7 Å². The Kier molecular flexibility index (Phi) is 6.31. The maximum atomic E-state index is 2.59. The van der Waals surface area contributed by atoms with Crippen LogP contribution in [0.25, 0.3) is 11.1 Å². The van der Waals surface area contributed by atoms with E-state index in [1.807, 2.05) is 0 Å². The topological polar surface area (TPSA) is 0 Å². The Morgan fingerprint density at radius 3 is 1.91 bits per heavy atom. The van der Waals surface area contributed by atoms with Crippen LogP contribution in [-0.2, 0) is 22.7 Å². The Labute approximate surface area is 215 Å². The van der Waals surface area contributed by atoms with E-state index in [4.69, 9.17) is 0 Å². The lowest BCUT2D eigenvalue weighted by molar-refractivity contribution is 0.373. The molecule has 1 unspecified atom stereocenters. The molecule has 4 rings (SSSR count). The van der Waals surface area contributed by atoms with Gasteiger partial charge in [0.2, 0.25) is 0 Å². The van der Waals surface area contributed by atoms with Gasteiger partial charge in [0, 0.05) is 5.92 Å². The van der Waals surface area contributed by atoms with Crippen LogP contribution in [0.3, 0.4) is 0 Å². The molecule has 1 atom stereocenters. The zero-order valence-electron chi connectivity index (χ0n) is 24.3. The van der Waals surface area contributed by atoms with Crippen LogP contribution in [0, 0.1) is 11.3 Å². The third-order valence-electron chi connectivity index (χ3n) is 9.38. The molecule has 2 aliphatic carbocycles. The summed E-state index contributed by atoms with van der Waals surface area (Å²) in [4.78, 5) is 0. The molecule has 188 valence electrons. The van der Waals surface area contributed by atoms with Gasteiger partial charge in [0.25, 0.3) is 0 Å². The lowest BCUT2D eigenvalue weighted by Crippen LogP contribution is -2.28. The fourth-order valence-electron chi connectivity index (χ4n) is 5.95. The summed E-state index contributed by atoms with van der Waals surface area (Å²) in [5.41, 5.74) is 12.5. The average molecular weight is 469 g/mol. The van der Waals surface area contributed by atoms with Crippen LogP contribution >= 0.6 is 0 Å². The molecule has 0 nitrogen and oxygen atoms in total. The first-order valence-electron chi connectivity index (χ1n) is 13.8.